The van der Waals surface area contributed by atoms with Crippen molar-refractivity contribution in [2.24, 2.45) is 0 Å². The highest BCUT2D eigenvalue weighted by Gasteiger charge is 2.29. The molecule has 1 rings (SSSR count). The van der Waals surface area contributed by atoms with Crippen LogP contribution in [0.4, 0.5) is 0 Å². The maximum Gasteiger partial charge on any atom is 0.510 e. The summed E-state index contributed by atoms with van der Waals surface area (Å²) >= 11 is 0. The number of nitrogens with one attached hydrogen (secondary N) is 1. The highest BCUT2D eigenvalue weighted by Crippen LogP contribution is 2.27. The first kappa shape index (κ1) is 7.13. The molecule has 1 aliphatic rings. The van der Waals surface area contributed by atoms with Gasteiger partial charge in [-0.1, -0.05) is 0 Å². The molecule has 0 aromatic heterocycles. The summed E-state index contributed by atoms with van der Waals surface area (Å²) in [5.74, 6) is 0. The molecule has 0 spiro atoms. The smallest absolute Gasteiger partial charge is 0.312 e. The van der Waals surface area contributed by atoms with Gasteiger partial charge in [-0.25, -0.2) is 0 Å². The Balaban J connectivity index is 2.31. The molecule has 52 valence electrons. The van der Waals surface area contributed by atoms with Crippen LogP contribution in [0.5, 0.6) is 0 Å². The summed E-state index contributed by atoms with van der Waals surface area (Å²) in [7, 11) is -1.93. The molecule has 0 aromatic rings. The molecule has 0 bridgehead atoms. The average molecular weight is 148 g/mol. The topological polar surface area (TPSA) is 49.3 Å². The van der Waals surface area contributed by atoms with E-state index in [0.717, 1.165) is 19.4 Å². The van der Waals surface area contributed by atoms with Crippen LogP contribution >= 0.6 is 8.03 Å². The van der Waals surface area contributed by atoms with Crippen molar-refractivity contribution >= 4 is 8.03 Å². The van der Waals surface area contributed by atoms with Crippen LogP contribution in [0.2, 0.25) is 0 Å². The molecule has 9 heavy (non-hydrogen) atoms. The lowest BCUT2D eigenvalue weighted by Crippen LogP contribution is -2.31. The van der Waals surface area contributed by atoms with E-state index in [1.807, 2.05) is 0 Å². The Kier molecular flexibility index (Phi) is 2.58. The van der Waals surface area contributed by atoms with Gasteiger partial charge in [-0.3, -0.25) is 0 Å². The third-order valence-electron chi connectivity index (χ3n) is 1.58. The van der Waals surface area contributed by atoms with Crippen LogP contribution in [0.3, 0.4) is 0 Å². The van der Waals surface area contributed by atoms with Gasteiger partial charge in [0.05, 0.1) is 0 Å². The molecular formula is C5H11NO2P+. The minimum absolute atomic E-state index is 0.00810. The molecule has 0 radical (unpaired) electrons. The van der Waals surface area contributed by atoms with Gasteiger partial charge in [0, 0.05) is 6.54 Å². The van der Waals surface area contributed by atoms with Gasteiger partial charge < -0.3 is 5.32 Å². The van der Waals surface area contributed by atoms with Crippen molar-refractivity contribution in [3.05, 3.63) is 0 Å². The van der Waals surface area contributed by atoms with E-state index in [4.69, 9.17) is 4.89 Å². The molecule has 3 nitrogen and oxygen atoms in total. The van der Waals surface area contributed by atoms with Crippen molar-refractivity contribution in [1.29, 1.82) is 0 Å². The van der Waals surface area contributed by atoms with E-state index >= 15 is 0 Å². The van der Waals surface area contributed by atoms with Crippen molar-refractivity contribution in [2.75, 3.05) is 13.1 Å². The van der Waals surface area contributed by atoms with Crippen LogP contribution < -0.4 is 5.32 Å². The van der Waals surface area contributed by atoms with E-state index in [0.29, 0.717) is 6.54 Å². The summed E-state index contributed by atoms with van der Waals surface area (Å²) < 4.78 is 10.5. The van der Waals surface area contributed by atoms with E-state index in [1.54, 1.807) is 0 Å². The Labute approximate surface area is 55.3 Å². The fourth-order valence-corrected chi connectivity index (χ4v) is 1.71. The zero-order valence-corrected chi connectivity index (χ0v) is 6.10. The standard InChI is InChI=1S/C5H10NO2P/c7-9(8)5-2-1-3-6-4-5/h5-6H,1-4H2/p+1. The molecule has 1 fully saturated rings. The van der Waals surface area contributed by atoms with Crippen LogP contribution in [0.25, 0.3) is 0 Å². The second-order valence-corrected chi connectivity index (χ2v) is 3.64. The normalized spacial score (nSPS) is 29.9. The molecular weight excluding hydrogens is 137 g/mol. The lowest BCUT2D eigenvalue weighted by Gasteiger charge is -2.12. The quantitative estimate of drug-likeness (QED) is 0.531. The Bertz CT molecular complexity index is 112. The Hall–Kier alpha value is 0.0200. The summed E-state index contributed by atoms with van der Waals surface area (Å²) in [6, 6.07) is 0. The summed E-state index contributed by atoms with van der Waals surface area (Å²) in [6.07, 6.45) is 1.94. The predicted molar refractivity (Wildman–Crippen MR) is 35.7 cm³/mol. The first-order chi connectivity index (χ1) is 4.30. The lowest BCUT2D eigenvalue weighted by molar-refractivity contribution is 0.451. The van der Waals surface area contributed by atoms with Gasteiger partial charge >= 0.3 is 8.03 Å². The van der Waals surface area contributed by atoms with Crippen LogP contribution in [0.15, 0.2) is 0 Å². The van der Waals surface area contributed by atoms with E-state index < -0.39 is 8.03 Å². The van der Waals surface area contributed by atoms with Crippen molar-refractivity contribution in [3.63, 3.8) is 0 Å². The largest absolute Gasteiger partial charge is 0.510 e. The van der Waals surface area contributed by atoms with Crippen molar-refractivity contribution in [2.45, 2.75) is 18.5 Å². The first-order valence-electron chi connectivity index (χ1n) is 3.16. The average Bonchev–Trinajstić information content (AvgIpc) is 1.90. The summed E-state index contributed by atoms with van der Waals surface area (Å²) in [6.45, 7) is 1.71. The number of hydrogen-bond acceptors (Lipinski definition) is 2. The van der Waals surface area contributed by atoms with Crippen molar-refractivity contribution in [1.82, 2.24) is 5.32 Å². The minimum Gasteiger partial charge on any atom is -0.312 e. The molecule has 0 aliphatic carbocycles. The van der Waals surface area contributed by atoms with Gasteiger partial charge in [0.15, 0.2) is 5.66 Å². The SMILES string of the molecule is O=[P+](O)C1CCCNC1. The summed E-state index contributed by atoms with van der Waals surface area (Å²) in [4.78, 5) is 8.65. The van der Waals surface area contributed by atoms with E-state index in [9.17, 15) is 4.57 Å². The maximum absolute atomic E-state index is 10.5. The number of hydrogen-bond donors (Lipinski definition) is 2. The molecule has 2 N–H and O–H groups in total. The zero-order valence-electron chi connectivity index (χ0n) is 5.21. The van der Waals surface area contributed by atoms with Crippen LogP contribution in [0.1, 0.15) is 12.8 Å². The highest BCUT2D eigenvalue weighted by atomic mass is 31.1. The minimum atomic E-state index is -1.93. The third kappa shape index (κ3) is 2.01. The molecule has 2 atom stereocenters. The second kappa shape index (κ2) is 3.25. The zero-order chi connectivity index (χ0) is 6.69. The van der Waals surface area contributed by atoms with E-state index in [-0.39, 0.29) is 5.66 Å². The van der Waals surface area contributed by atoms with E-state index in [1.165, 1.54) is 0 Å². The van der Waals surface area contributed by atoms with Gasteiger partial charge in [0.2, 0.25) is 0 Å². The Morgan fingerprint density at radius 3 is 2.78 bits per heavy atom. The van der Waals surface area contributed by atoms with Gasteiger partial charge in [-0.05, 0) is 24.0 Å². The second-order valence-electron chi connectivity index (χ2n) is 2.30. The Morgan fingerprint density at radius 1 is 1.67 bits per heavy atom. The van der Waals surface area contributed by atoms with Gasteiger partial charge in [0.25, 0.3) is 0 Å². The predicted octanol–water partition coefficient (Wildman–Crippen LogP) is 0.473. The third-order valence-corrected chi connectivity index (χ3v) is 2.65. The molecule has 4 heteroatoms. The molecule has 0 amide bonds. The number of piperidine rings is 1. The summed E-state index contributed by atoms with van der Waals surface area (Å²) in [5, 5.41) is 3.07. The van der Waals surface area contributed by atoms with Gasteiger partial charge in [-0.15, -0.1) is 0 Å². The fourth-order valence-electron chi connectivity index (χ4n) is 1.02. The maximum atomic E-state index is 10.5. The van der Waals surface area contributed by atoms with Crippen molar-refractivity contribution in [3.8, 4) is 0 Å². The number of rotatable bonds is 1. The molecule has 1 aliphatic heterocycles. The molecule has 0 aromatic carbocycles. The monoisotopic (exact) mass is 148 g/mol. The Morgan fingerprint density at radius 2 is 2.44 bits per heavy atom. The van der Waals surface area contributed by atoms with Crippen LogP contribution in [-0.2, 0) is 4.57 Å². The van der Waals surface area contributed by atoms with E-state index in [2.05, 4.69) is 5.32 Å². The van der Waals surface area contributed by atoms with Gasteiger partial charge in [0.1, 0.15) is 0 Å². The highest BCUT2D eigenvalue weighted by molar-refractivity contribution is 7.38. The first-order valence-corrected chi connectivity index (χ1v) is 4.45. The molecule has 1 saturated heterocycles. The van der Waals surface area contributed by atoms with Gasteiger partial charge in [-0.2, -0.15) is 4.89 Å². The van der Waals surface area contributed by atoms with Crippen LogP contribution in [0, 0.1) is 0 Å². The molecule has 0 saturated carbocycles. The summed E-state index contributed by atoms with van der Waals surface area (Å²) in [5.41, 5.74) is 0.00810. The molecule has 2 unspecified atom stereocenters. The van der Waals surface area contributed by atoms with Crippen LogP contribution in [-0.4, -0.2) is 23.6 Å². The van der Waals surface area contributed by atoms with Crippen molar-refractivity contribution < 1.29 is 9.46 Å². The molecule has 1 heterocycles. The lowest BCUT2D eigenvalue weighted by atomic mass is 10.2. The fraction of sp³-hybridized carbons (Fsp3) is 1.00.